The molecule has 2 aliphatic rings. The summed E-state index contributed by atoms with van der Waals surface area (Å²) in [6.07, 6.45) is 9.76. The second-order valence-electron chi connectivity index (χ2n) is 5.22. The van der Waals surface area contributed by atoms with Crippen LogP contribution in [0.15, 0.2) is 24.3 Å². The first-order valence-electron chi connectivity index (χ1n) is 6.80. The number of aryl methyl sites for hydroxylation is 1. The molecule has 0 atom stereocenters. The number of hydrogen-bond acceptors (Lipinski definition) is 1. The molecule has 0 unspecified atom stereocenters. The van der Waals surface area contributed by atoms with Crippen molar-refractivity contribution in [3.63, 3.8) is 0 Å². The Morgan fingerprint density at radius 1 is 0.938 bits per heavy atom. The van der Waals surface area contributed by atoms with Crippen LogP contribution in [0.4, 0.5) is 5.69 Å². The van der Waals surface area contributed by atoms with E-state index in [1.54, 1.807) is 5.56 Å². The largest absolute Gasteiger partial charge is 0.368 e. The van der Waals surface area contributed by atoms with Crippen LogP contribution in [0.25, 0.3) is 0 Å². The predicted molar refractivity (Wildman–Crippen MR) is 69.0 cm³/mol. The Balaban J connectivity index is 1.86. The molecule has 16 heavy (non-hydrogen) atoms. The van der Waals surface area contributed by atoms with Gasteiger partial charge in [-0.05, 0) is 37.3 Å². The predicted octanol–water partition coefficient (Wildman–Crippen LogP) is 3.77. The maximum absolute atomic E-state index is 2.69. The average Bonchev–Trinajstić information content (AvgIpc) is 2.39. The molecule has 0 N–H and O–H groups in total. The van der Waals surface area contributed by atoms with Crippen LogP contribution in [-0.2, 0) is 6.42 Å². The fourth-order valence-electron chi connectivity index (χ4n) is 3.33. The van der Waals surface area contributed by atoms with E-state index in [9.17, 15) is 0 Å². The molecule has 1 aliphatic carbocycles. The molecule has 0 spiro atoms. The van der Waals surface area contributed by atoms with Crippen molar-refractivity contribution in [2.75, 3.05) is 11.4 Å². The van der Waals surface area contributed by atoms with E-state index in [2.05, 4.69) is 29.2 Å². The summed E-state index contributed by atoms with van der Waals surface area (Å²) in [5.41, 5.74) is 3.10. The van der Waals surface area contributed by atoms with Crippen molar-refractivity contribution in [3.05, 3.63) is 29.8 Å². The molecule has 0 aromatic heterocycles. The lowest BCUT2D eigenvalue weighted by Crippen LogP contribution is -2.40. The van der Waals surface area contributed by atoms with Crippen LogP contribution >= 0.6 is 0 Å². The fraction of sp³-hybridized carbons (Fsp3) is 0.600. The van der Waals surface area contributed by atoms with E-state index >= 15 is 0 Å². The normalized spacial score (nSPS) is 21.9. The molecule has 1 aromatic rings. The zero-order chi connectivity index (χ0) is 10.8. The molecule has 1 fully saturated rings. The summed E-state index contributed by atoms with van der Waals surface area (Å²) in [6.45, 7) is 1.28. The van der Waals surface area contributed by atoms with Crippen LogP contribution in [0.1, 0.15) is 44.1 Å². The van der Waals surface area contributed by atoms with Gasteiger partial charge in [0.25, 0.3) is 0 Å². The van der Waals surface area contributed by atoms with Gasteiger partial charge in [-0.1, -0.05) is 37.5 Å². The van der Waals surface area contributed by atoms with Crippen LogP contribution < -0.4 is 4.90 Å². The zero-order valence-corrected chi connectivity index (χ0v) is 9.99. The molecule has 3 rings (SSSR count). The second-order valence-corrected chi connectivity index (χ2v) is 5.22. The van der Waals surface area contributed by atoms with Gasteiger partial charge >= 0.3 is 0 Å². The Morgan fingerprint density at radius 2 is 1.75 bits per heavy atom. The lowest BCUT2D eigenvalue weighted by Gasteiger charge is -2.39. The van der Waals surface area contributed by atoms with Crippen molar-refractivity contribution in [1.82, 2.24) is 0 Å². The smallest absolute Gasteiger partial charge is 0.0401 e. The van der Waals surface area contributed by atoms with Crippen LogP contribution in [0.5, 0.6) is 0 Å². The van der Waals surface area contributed by atoms with Crippen molar-refractivity contribution >= 4 is 5.69 Å². The molecule has 0 saturated heterocycles. The maximum atomic E-state index is 2.69. The Morgan fingerprint density at radius 3 is 2.62 bits per heavy atom. The van der Waals surface area contributed by atoms with Crippen LogP contribution in [0.3, 0.4) is 0 Å². The van der Waals surface area contributed by atoms with Gasteiger partial charge in [0.15, 0.2) is 0 Å². The molecule has 86 valence electrons. The van der Waals surface area contributed by atoms with Gasteiger partial charge in [0, 0.05) is 18.3 Å². The van der Waals surface area contributed by atoms with E-state index < -0.39 is 0 Å². The fourth-order valence-corrected chi connectivity index (χ4v) is 3.33. The molecule has 1 heteroatoms. The van der Waals surface area contributed by atoms with Crippen molar-refractivity contribution in [2.24, 2.45) is 0 Å². The molecule has 0 amide bonds. The third kappa shape index (κ3) is 1.83. The summed E-state index contributed by atoms with van der Waals surface area (Å²) in [6, 6.07) is 9.84. The summed E-state index contributed by atoms with van der Waals surface area (Å²) >= 11 is 0. The Kier molecular flexibility index (Phi) is 2.86. The summed E-state index contributed by atoms with van der Waals surface area (Å²) in [5, 5.41) is 0. The van der Waals surface area contributed by atoms with Gasteiger partial charge in [0.05, 0.1) is 0 Å². The molecule has 1 heterocycles. The van der Waals surface area contributed by atoms with Gasteiger partial charge in [-0.3, -0.25) is 0 Å². The molecule has 0 bridgehead atoms. The summed E-state index contributed by atoms with van der Waals surface area (Å²) in [4.78, 5) is 2.69. The standard InChI is InChI=1S/C15H21N/c1-2-9-14(10-3-1)16-12-6-8-13-7-4-5-11-15(13)16/h4-5,7,11,14H,1-3,6,8-10,12H2. The van der Waals surface area contributed by atoms with E-state index in [0.717, 1.165) is 6.04 Å². The topological polar surface area (TPSA) is 3.24 Å². The van der Waals surface area contributed by atoms with Crippen molar-refractivity contribution in [1.29, 1.82) is 0 Å². The lowest BCUT2D eigenvalue weighted by molar-refractivity contribution is 0.408. The highest BCUT2D eigenvalue weighted by Gasteiger charge is 2.24. The van der Waals surface area contributed by atoms with Gasteiger partial charge in [-0.2, -0.15) is 0 Å². The number of para-hydroxylation sites is 1. The molecular formula is C15H21N. The average molecular weight is 215 g/mol. The third-order valence-electron chi connectivity index (χ3n) is 4.16. The number of hydrogen-bond donors (Lipinski definition) is 0. The minimum Gasteiger partial charge on any atom is -0.368 e. The zero-order valence-electron chi connectivity index (χ0n) is 9.99. The van der Waals surface area contributed by atoms with Crippen molar-refractivity contribution in [3.8, 4) is 0 Å². The van der Waals surface area contributed by atoms with Crippen LogP contribution in [-0.4, -0.2) is 12.6 Å². The molecule has 1 aromatic carbocycles. The summed E-state index contributed by atoms with van der Waals surface area (Å²) in [7, 11) is 0. The second kappa shape index (κ2) is 4.48. The molecular weight excluding hydrogens is 194 g/mol. The first kappa shape index (κ1) is 10.2. The summed E-state index contributed by atoms with van der Waals surface area (Å²) < 4.78 is 0. The van der Waals surface area contributed by atoms with E-state index in [-0.39, 0.29) is 0 Å². The first-order chi connectivity index (χ1) is 7.95. The number of anilines is 1. The number of nitrogens with zero attached hydrogens (tertiary/aromatic N) is 1. The Hall–Kier alpha value is -0.980. The van der Waals surface area contributed by atoms with E-state index in [1.165, 1.54) is 57.2 Å². The lowest BCUT2D eigenvalue weighted by atomic mass is 9.91. The minimum absolute atomic E-state index is 0.829. The minimum atomic E-state index is 0.829. The van der Waals surface area contributed by atoms with Gasteiger partial charge in [-0.25, -0.2) is 0 Å². The summed E-state index contributed by atoms with van der Waals surface area (Å²) in [5.74, 6) is 0. The van der Waals surface area contributed by atoms with E-state index in [4.69, 9.17) is 0 Å². The van der Waals surface area contributed by atoms with Gasteiger partial charge in [-0.15, -0.1) is 0 Å². The van der Waals surface area contributed by atoms with Crippen molar-refractivity contribution in [2.45, 2.75) is 51.0 Å². The monoisotopic (exact) mass is 215 g/mol. The van der Waals surface area contributed by atoms with Crippen molar-refractivity contribution < 1.29 is 0 Å². The van der Waals surface area contributed by atoms with Crippen LogP contribution in [0.2, 0.25) is 0 Å². The highest BCUT2D eigenvalue weighted by molar-refractivity contribution is 5.56. The van der Waals surface area contributed by atoms with E-state index in [0.29, 0.717) is 0 Å². The van der Waals surface area contributed by atoms with Gasteiger partial charge < -0.3 is 4.90 Å². The molecule has 1 nitrogen and oxygen atoms in total. The SMILES string of the molecule is c1ccc2c(c1)CCCN2C1CCCCC1. The quantitative estimate of drug-likeness (QED) is 0.689. The third-order valence-corrected chi connectivity index (χ3v) is 4.16. The Labute approximate surface area is 98.5 Å². The van der Waals surface area contributed by atoms with Gasteiger partial charge in [0.2, 0.25) is 0 Å². The molecule has 1 aliphatic heterocycles. The number of benzene rings is 1. The molecule has 0 radical (unpaired) electrons. The highest BCUT2D eigenvalue weighted by atomic mass is 15.2. The first-order valence-corrected chi connectivity index (χ1v) is 6.80. The van der Waals surface area contributed by atoms with Crippen LogP contribution in [0, 0.1) is 0 Å². The number of rotatable bonds is 1. The van der Waals surface area contributed by atoms with Gasteiger partial charge in [0.1, 0.15) is 0 Å². The number of fused-ring (bicyclic) bond motifs is 1. The molecule has 1 saturated carbocycles. The van der Waals surface area contributed by atoms with E-state index in [1.807, 2.05) is 0 Å². The maximum Gasteiger partial charge on any atom is 0.0401 e. The Bertz CT molecular complexity index is 352. The highest BCUT2D eigenvalue weighted by Crippen LogP contribution is 2.33.